The van der Waals surface area contributed by atoms with Crippen LogP contribution in [0.2, 0.25) is 0 Å². The summed E-state index contributed by atoms with van der Waals surface area (Å²) < 4.78 is 0. The maximum absolute atomic E-state index is 9.70. The quantitative estimate of drug-likeness (QED) is 0.685. The lowest BCUT2D eigenvalue weighted by Gasteiger charge is -2.13. The monoisotopic (exact) mass is 218 g/mol. The lowest BCUT2D eigenvalue weighted by atomic mass is 10.1. The highest BCUT2D eigenvalue weighted by atomic mass is 16.3. The normalized spacial score (nSPS) is 14.6. The van der Waals surface area contributed by atoms with Crippen molar-refractivity contribution in [1.29, 1.82) is 5.26 Å². The topological polar surface area (TPSA) is 106 Å². The number of fused-ring (bicyclic) bond motifs is 1. The molecule has 0 amide bonds. The molecule has 6 heteroatoms. The third-order valence-corrected chi connectivity index (χ3v) is 2.25. The second kappa shape index (κ2) is 4.26. The molecule has 2 rings (SSSR count). The second-order valence-electron chi connectivity index (χ2n) is 3.38. The van der Waals surface area contributed by atoms with Crippen molar-refractivity contribution in [3.63, 3.8) is 0 Å². The number of aliphatic hydroxyl groups excluding tert-OH is 2. The molecular formula is C10H10N4O2. The lowest BCUT2D eigenvalue weighted by molar-refractivity contribution is 0.0190. The summed E-state index contributed by atoms with van der Waals surface area (Å²) in [7, 11) is 0. The van der Waals surface area contributed by atoms with E-state index in [2.05, 4.69) is 15.0 Å². The van der Waals surface area contributed by atoms with Crippen LogP contribution < -0.4 is 0 Å². The average molecular weight is 218 g/mol. The summed E-state index contributed by atoms with van der Waals surface area (Å²) in [5, 5.41) is 27.6. The van der Waals surface area contributed by atoms with E-state index in [0.717, 1.165) is 0 Å². The zero-order valence-corrected chi connectivity index (χ0v) is 8.33. The fourth-order valence-corrected chi connectivity index (χ4v) is 1.39. The number of aromatic nitrogens is 3. The van der Waals surface area contributed by atoms with E-state index < -0.39 is 12.2 Å². The minimum absolute atomic E-state index is 0.145. The maximum Gasteiger partial charge on any atom is 0.156 e. The molecule has 0 saturated carbocycles. The Labute approximate surface area is 91.2 Å². The van der Waals surface area contributed by atoms with Crippen LogP contribution in [0.15, 0.2) is 18.5 Å². The Kier molecular flexibility index (Phi) is 2.81. The van der Waals surface area contributed by atoms with Gasteiger partial charge in [0.05, 0.1) is 30.5 Å². The van der Waals surface area contributed by atoms with Crippen LogP contribution in [0.25, 0.3) is 11.2 Å². The number of hydrogen-bond acceptors (Lipinski definition) is 5. The SMILES string of the molecule is N#CCC(O)C(O)c1cnc2[nH]ccc2n1. The maximum atomic E-state index is 9.70. The van der Waals surface area contributed by atoms with Gasteiger partial charge in [-0.15, -0.1) is 0 Å². The summed E-state index contributed by atoms with van der Waals surface area (Å²) in [5.41, 5.74) is 1.49. The molecule has 0 bridgehead atoms. The molecule has 2 aromatic heterocycles. The molecule has 2 heterocycles. The van der Waals surface area contributed by atoms with E-state index in [1.807, 2.05) is 0 Å². The van der Waals surface area contributed by atoms with Crippen LogP contribution in [-0.2, 0) is 0 Å². The Morgan fingerprint density at radius 1 is 1.50 bits per heavy atom. The molecular weight excluding hydrogens is 208 g/mol. The van der Waals surface area contributed by atoms with Gasteiger partial charge in [-0.05, 0) is 6.07 Å². The number of hydrogen-bond donors (Lipinski definition) is 3. The molecule has 0 radical (unpaired) electrons. The largest absolute Gasteiger partial charge is 0.389 e. The fourth-order valence-electron chi connectivity index (χ4n) is 1.39. The number of aromatic amines is 1. The van der Waals surface area contributed by atoms with E-state index in [9.17, 15) is 10.2 Å². The fraction of sp³-hybridized carbons (Fsp3) is 0.300. The van der Waals surface area contributed by atoms with Gasteiger partial charge in [-0.1, -0.05) is 0 Å². The molecule has 0 saturated heterocycles. The Hall–Kier alpha value is -1.97. The Balaban J connectivity index is 2.29. The zero-order valence-electron chi connectivity index (χ0n) is 8.33. The molecule has 0 aliphatic rings. The summed E-state index contributed by atoms with van der Waals surface area (Å²) in [6.07, 6.45) is 0.590. The van der Waals surface area contributed by atoms with Crippen molar-refractivity contribution in [1.82, 2.24) is 15.0 Å². The zero-order chi connectivity index (χ0) is 11.5. The summed E-state index contributed by atoms with van der Waals surface area (Å²) in [4.78, 5) is 11.0. The van der Waals surface area contributed by atoms with Gasteiger partial charge in [0, 0.05) is 6.20 Å². The molecule has 3 N–H and O–H groups in total. The van der Waals surface area contributed by atoms with E-state index >= 15 is 0 Å². The van der Waals surface area contributed by atoms with Gasteiger partial charge in [0.2, 0.25) is 0 Å². The van der Waals surface area contributed by atoms with E-state index in [4.69, 9.17) is 5.26 Å². The molecule has 2 atom stereocenters. The molecule has 0 spiro atoms. The highest BCUT2D eigenvalue weighted by molar-refractivity contribution is 5.69. The van der Waals surface area contributed by atoms with E-state index in [-0.39, 0.29) is 12.1 Å². The van der Waals surface area contributed by atoms with Crippen LogP contribution in [0.4, 0.5) is 0 Å². The van der Waals surface area contributed by atoms with Gasteiger partial charge < -0.3 is 15.2 Å². The number of aliphatic hydroxyl groups is 2. The van der Waals surface area contributed by atoms with Crippen LogP contribution in [-0.4, -0.2) is 31.3 Å². The van der Waals surface area contributed by atoms with Crippen molar-refractivity contribution in [2.24, 2.45) is 0 Å². The number of rotatable bonds is 3. The number of nitrogens with zero attached hydrogens (tertiary/aromatic N) is 3. The molecule has 82 valence electrons. The van der Waals surface area contributed by atoms with E-state index in [0.29, 0.717) is 11.2 Å². The molecule has 0 aliphatic carbocycles. The first-order valence-corrected chi connectivity index (χ1v) is 4.75. The Bertz CT molecular complexity index is 531. The van der Waals surface area contributed by atoms with Crippen LogP contribution in [0, 0.1) is 11.3 Å². The molecule has 0 aromatic carbocycles. The third kappa shape index (κ3) is 1.86. The van der Waals surface area contributed by atoms with E-state index in [1.54, 1.807) is 18.3 Å². The van der Waals surface area contributed by atoms with Crippen molar-refractivity contribution in [2.75, 3.05) is 0 Å². The van der Waals surface area contributed by atoms with Crippen molar-refractivity contribution in [3.8, 4) is 6.07 Å². The Morgan fingerprint density at radius 3 is 3.06 bits per heavy atom. The van der Waals surface area contributed by atoms with Crippen LogP contribution >= 0.6 is 0 Å². The first-order chi connectivity index (χ1) is 7.72. The van der Waals surface area contributed by atoms with Crippen molar-refractivity contribution in [3.05, 3.63) is 24.2 Å². The summed E-state index contributed by atoms with van der Waals surface area (Å²) >= 11 is 0. The number of nitriles is 1. The van der Waals surface area contributed by atoms with Crippen LogP contribution in [0.3, 0.4) is 0 Å². The number of H-pyrrole nitrogens is 1. The summed E-state index contributed by atoms with van der Waals surface area (Å²) in [6.45, 7) is 0. The minimum Gasteiger partial charge on any atom is -0.389 e. The minimum atomic E-state index is -1.19. The van der Waals surface area contributed by atoms with Crippen molar-refractivity contribution < 1.29 is 10.2 Å². The molecule has 16 heavy (non-hydrogen) atoms. The second-order valence-corrected chi connectivity index (χ2v) is 3.38. The van der Waals surface area contributed by atoms with Crippen LogP contribution in [0.5, 0.6) is 0 Å². The lowest BCUT2D eigenvalue weighted by Crippen LogP contribution is -2.18. The molecule has 0 aliphatic heterocycles. The average Bonchev–Trinajstić information content (AvgIpc) is 2.75. The highest BCUT2D eigenvalue weighted by Crippen LogP contribution is 2.18. The Morgan fingerprint density at radius 2 is 2.31 bits per heavy atom. The molecule has 2 aromatic rings. The summed E-state index contributed by atoms with van der Waals surface area (Å²) in [6, 6.07) is 3.50. The predicted molar refractivity (Wildman–Crippen MR) is 55.1 cm³/mol. The number of nitrogens with one attached hydrogen (secondary N) is 1. The standard InChI is InChI=1S/C10H10N4O2/c11-3-1-8(15)9(16)7-5-13-10-6(14-7)2-4-12-10/h2,4-5,8-9,15-16H,1H2,(H,12,13). The summed E-state index contributed by atoms with van der Waals surface area (Å²) in [5.74, 6) is 0. The van der Waals surface area contributed by atoms with Gasteiger partial charge >= 0.3 is 0 Å². The first-order valence-electron chi connectivity index (χ1n) is 4.75. The molecule has 2 unspecified atom stereocenters. The highest BCUT2D eigenvalue weighted by Gasteiger charge is 2.20. The first kappa shape index (κ1) is 10.5. The van der Waals surface area contributed by atoms with Gasteiger partial charge in [-0.2, -0.15) is 5.26 Å². The van der Waals surface area contributed by atoms with Gasteiger partial charge in [-0.3, -0.25) is 0 Å². The predicted octanol–water partition coefficient (Wildman–Crippen LogP) is 0.266. The molecule has 0 fully saturated rings. The van der Waals surface area contributed by atoms with E-state index in [1.165, 1.54) is 6.20 Å². The van der Waals surface area contributed by atoms with Crippen molar-refractivity contribution in [2.45, 2.75) is 18.6 Å². The van der Waals surface area contributed by atoms with Gasteiger partial charge in [-0.25, -0.2) is 9.97 Å². The molecule has 6 nitrogen and oxygen atoms in total. The van der Waals surface area contributed by atoms with Gasteiger partial charge in [0.1, 0.15) is 11.6 Å². The third-order valence-electron chi connectivity index (χ3n) is 2.25. The smallest absolute Gasteiger partial charge is 0.156 e. The van der Waals surface area contributed by atoms with Crippen molar-refractivity contribution >= 4 is 11.2 Å². The van der Waals surface area contributed by atoms with Gasteiger partial charge in [0.15, 0.2) is 5.65 Å². The van der Waals surface area contributed by atoms with Crippen LogP contribution in [0.1, 0.15) is 18.2 Å². The van der Waals surface area contributed by atoms with Gasteiger partial charge in [0.25, 0.3) is 0 Å².